The fraction of sp³-hybridized carbons (Fsp3) is 0.0833. The van der Waals surface area contributed by atoms with Crippen molar-refractivity contribution in [1.82, 2.24) is 9.80 Å². The second kappa shape index (κ2) is 7.49. The highest BCUT2D eigenvalue weighted by Gasteiger charge is 2.37. The lowest BCUT2D eigenvalue weighted by Gasteiger charge is -2.16. The van der Waals surface area contributed by atoms with Gasteiger partial charge in [-0.1, -0.05) is 36.4 Å². The molecule has 9 nitrogen and oxygen atoms in total. The molecule has 0 fully saturated rings. The summed E-state index contributed by atoms with van der Waals surface area (Å²) in [6, 6.07) is 17.0. The Kier molecular flexibility index (Phi) is 4.59. The predicted molar refractivity (Wildman–Crippen MR) is 114 cm³/mol. The third kappa shape index (κ3) is 3.18. The van der Waals surface area contributed by atoms with Crippen LogP contribution >= 0.6 is 0 Å². The molecule has 0 aliphatic carbocycles. The van der Waals surface area contributed by atoms with Crippen LogP contribution in [0.5, 0.6) is 0 Å². The highest BCUT2D eigenvalue weighted by atomic mass is 16.6. The summed E-state index contributed by atoms with van der Waals surface area (Å²) < 4.78 is 0. The van der Waals surface area contributed by atoms with E-state index in [-0.39, 0.29) is 35.5 Å². The molecule has 3 aromatic rings. The number of rotatable bonds is 5. The van der Waals surface area contributed by atoms with Crippen LogP contribution in [0.3, 0.4) is 0 Å². The van der Waals surface area contributed by atoms with Crippen molar-refractivity contribution in [3.63, 3.8) is 0 Å². The molecule has 2 aliphatic rings. The van der Waals surface area contributed by atoms with Crippen LogP contribution in [0.1, 0.15) is 52.6 Å². The topological polar surface area (TPSA) is 118 Å². The molecule has 4 amide bonds. The lowest BCUT2D eigenvalue weighted by atomic mass is 10.1. The maximum absolute atomic E-state index is 12.6. The lowest BCUT2D eigenvalue weighted by Crippen LogP contribution is -2.30. The molecule has 33 heavy (non-hydrogen) atoms. The maximum atomic E-state index is 12.6. The quantitative estimate of drug-likeness (QED) is 0.341. The first-order chi connectivity index (χ1) is 15.9. The maximum Gasteiger partial charge on any atom is 0.274 e. The van der Waals surface area contributed by atoms with Gasteiger partial charge in [-0.2, -0.15) is 0 Å². The number of nitrogens with zero attached hydrogens (tertiary/aromatic N) is 3. The Morgan fingerprint density at radius 2 is 1.06 bits per heavy atom. The number of nitro groups is 1. The highest BCUT2D eigenvalue weighted by Crippen LogP contribution is 2.30. The van der Waals surface area contributed by atoms with Crippen molar-refractivity contribution in [3.05, 3.63) is 110 Å². The number of benzene rings is 3. The molecule has 0 spiro atoms. The number of carbonyl (C=O) groups excluding carboxylic acids is 4. The summed E-state index contributed by atoms with van der Waals surface area (Å²) in [5, 5.41) is 11.7. The number of carbonyl (C=O) groups is 4. The van der Waals surface area contributed by atoms with Gasteiger partial charge in [-0.3, -0.25) is 39.1 Å². The number of hydrogen-bond donors (Lipinski definition) is 0. The minimum atomic E-state index is -0.612. The first-order valence-electron chi connectivity index (χ1n) is 10.0. The minimum Gasteiger partial charge on any atom is -0.270 e. The highest BCUT2D eigenvalue weighted by molar-refractivity contribution is 6.22. The molecular formula is C24H15N3O6. The largest absolute Gasteiger partial charge is 0.274 e. The summed E-state index contributed by atoms with van der Waals surface area (Å²) in [6.07, 6.45) is 0. The van der Waals surface area contributed by atoms with Gasteiger partial charge < -0.3 is 0 Å². The van der Waals surface area contributed by atoms with Crippen molar-refractivity contribution in [3.8, 4) is 0 Å². The molecule has 0 saturated carbocycles. The first-order valence-corrected chi connectivity index (χ1v) is 10.0. The first kappa shape index (κ1) is 20.3. The van der Waals surface area contributed by atoms with Crippen LogP contribution < -0.4 is 0 Å². The second-order valence-electron chi connectivity index (χ2n) is 7.70. The number of amides is 4. The van der Waals surface area contributed by atoms with Gasteiger partial charge in [0.25, 0.3) is 29.3 Å². The smallest absolute Gasteiger partial charge is 0.270 e. The number of imide groups is 2. The Balaban J connectivity index is 1.42. The molecule has 0 bridgehead atoms. The molecule has 0 aromatic heterocycles. The van der Waals surface area contributed by atoms with Gasteiger partial charge in [-0.15, -0.1) is 0 Å². The van der Waals surface area contributed by atoms with Crippen LogP contribution in [-0.4, -0.2) is 38.4 Å². The Morgan fingerprint density at radius 3 is 1.48 bits per heavy atom. The van der Waals surface area contributed by atoms with Gasteiger partial charge in [0.05, 0.1) is 40.3 Å². The van der Waals surface area contributed by atoms with E-state index in [1.165, 1.54) is 24.3 Å². The number of fused-ring (bicyclic) bond motifs is 2. The number of hydrogen-bond acceptors (Lipinski definition) is 6. The van der Waals surface area contributed by atoms with Gasteiger partial charge in [-0.05, 0) is 29.8 Å². The zero-order valence-electron chi connectivity index (χ0n) is 17.1. The van der Waals surface area contributed by atoms with Gasteiger partial charge in [-0.25, -0.2) is 0 Å². The third-order valence-corrected chi connectivity index (χ3v) is 5.77. The molecule has 0 atom stereocenters. The van der Waals surface area contributed by atoms with Crippen molar-refractivity contribution in [2.45, 2.75) is 13.1 Å². The fourth-order valence-corrected chi connectivity index (χ4v) is 4.13. The summed E-state index contributed by atoms with van der Waals surface area (Å²) in [4.78, 5) is 63.6. The molecule has 5 rings (SSSR count). The van der Waals surface area contributed by atoms with Crippen molar-refractivity contribution in [2.75, 3.05) is 0 Å². The summed E-state index contributed by atoms with van der Waals surface area (Å²) in [5.41, 5.74) is 1.34. The molecule has 0 radical (unpaired) electrons. The van der Waals surface area contributed by atoms with Gasteiger partial charge in [0.15, 0.2) is 0 Å². The Labute approximate surface area is 187 Å². The molecule has 0 saturated heterocycles. The molecule has 3 aromatic carbocycles. The van der Waals surface area contributed by atoms with E-state index in [1.54, 1.807) is 42.5 Å². The Bertz CT molecular complexity index is 1330. The van der Waals surface area contributed by atoms with Crippen LogP contribution in [0.4, 0.5) is 5.69 Å². The van der Waals surface area contributed by atoms with Crippen LogP contribution in [0.2, 0.25) is 0 Å². The van der Waals surface area contributed by atoms with Gasteiger partial charge in [0, 0.05) is 11.6 Å². The van der Waals surface area contributed by atoms with Gasteiger partial charge >= 0.3 is 0 Å². The normalized spacial score (nSPS) is 14.7. The third-order valence-electron chi connectivity index (χ3n) is 5.77. The summed E-state index contributed by atoms with van der Waals surface area (Å²) in [5.74, 6) is -1.96. The zero-order valence-corrected chi connectivity index (χ0v) is 17.1. The van der Waals surface area contributed by atoms with E-state index in [4.69, 9.17) is 0 Å². The molecule has 9 heteroatoms. The van der Waals surface area contributed by atoms with E-state index < -0.39 is 28.6 Å². The SMILES string of the molecule is O=C1c2ccccc2C(=O)N1Cc1ccc(CN2C(=O)c3ccccc3C2=O)c([N+](=O)[O-])c1. The van der Waals surface area contributed by atoms with E-state index >= 15 is 0 Å². The standard InChI is InChI=1S/C24H15N3O6/c28-21-16-5-1-2-6-17(16)22(29)25(21)12-14-9-10-15(20(11-14)27(32)33)13-26-23(30)18-7-3-4-8-19(18)24(26)31/h1-11H,12-13H2. The van der Waals surface area contributed by atoms with E-state index in [1.807, 2.05) is 0 Å². The van der Waals surface area contributed by atoms with Crippen LogP contribution in [0, 0.1) is 10.1 Å². The second-order valence-corrected chi connectivity index (χ2v) is 7.70. The zero-order chi connectivity index (χ0) is 23.3. The van der Waals surface area contributed by atoms with E-state index in [0.29, 0.717) is 16.7 Å². The van der Waals surface area contributed by atoms with Crippen LogP contribution in [-0.2, 0) is 13.1 Å². The lowest BCUT2D eigenvalue weighted by molar-refractivity contribution is -0.385. The van der Waals surface area contributed by atoms with Gasteiger partial charge in [0.2, 0.25) is 0 Å². The minimum absolute atomic E-state index is 0.138. The molecule has 0 unspecified atom stereocenters. The Hall–Kier alpha value is -4.66. The fourth-order valence-electron chi connectivity index (χ4n) is 4.13. The van der Waals surface area contributed by atoms with E-state index in [9.17, 15) is 29.3 Å². The van der Waals surface area contributed by atoms with Crippen molar-refractivity contribution in [2.24, 2.45) is 0 Å². The molecule has 0 N–H and O–H groups in total. The monoisotopic (exact) mass is 441 g/mol. The van der Waals surface area contributed by atoms with Crippen LogP contribution in [0.25, 0.3) is 0 Å². The molecule has 162 valence electrons. The van der Waals surface area contributed by atoms with Crippen molar-refractivity contribution in [1.29, 1.82) is 0 Å². The van der Waals surface area contributed by atoms with Gasteiger partial charge in [0.1, 0.15) is 0 Å². The summed E-state index contributed by atoms with van der Waals surface area (Å²) >= 11 is 0. The Morgan fingerprint density at radius 1 is 0.636 bits per heavy atom. The number of nitro benzene ring substituents is 1. The molecular weight excluding hydrogens is 426 g/mol. The van der Waals surface area contributed by atoms with E-state index in [0.717, 1.165) is 9.80 Å². The van der Waals surface area contributed by atoms with E-state index in [2.05, 4.69) is 0 Å². The molecule has 2 aliphatic heterocycles. The average Bonchev–Trinajstić information content (AvgIpc) is 3.21. The average molecular weight is 441 g/mol. The van der Waals surface area contributed by atoms with Crippen LogP contribution in [0.15, 0.2) is 66.7 Å². The predicted octanol–water partition coefficient (Wildman–Crippen LogP) is 3.19. The molecule has 2 heterocycles. The van der Waals surface area contributed by atoms with Crippen molar-refractivity contribution >= 4 is 29.3 Å². The summed E-state index contributed by atoms with van der Waals surface area (Å²) in [6.45, 7) is -0.406. The summed E-state index contributed by atoms with van der Waals surface area (Å²) in [7, 11) is 0. The van der Waals surface area contributed by atoms with Crippen molar-refractivity contribution < 1.29 is 24.1 Å².